The second kappa shape index (κ2) is 9.42. The van der Waals surface area contributed by atoms with E-state index in [-0.39, 0.29) is 11.3 Å². The Hall–Kier alpha value is -3.76. The summed E-state index contributed by atoms with van der Waals surface area (Å²) in [5, 5.41) is 70.3. The lowest BCUT2D eigenvalue weighted by Crippen LogP contribution is -2.85. The van der Waals surface area contributed by atoms with Gasteiger partial charge < -0.3 is 50.3 Å². The average Bonchev–Trinajstić information content (AvgIpc) is 2.80. The van der Waals surface area contributed by atoms with E-state index in [1.54, 1.807) is 6.07 Å². The molecule has 1 saturated heterocycles. The molecule has 0 aromatic heterocycles. The van der Waals surface area contributed by atoms with Gasteiger partial charge in [-0.2, -0.15) is 5.26 Å². The third-order valence-corrected chi connectivity index (χ3v) is 6.51. The molecule has 2 radical (unpaired) electrons. The molecule has 2 amide bonds. The molecule has 4 rings (SSSR count). The largest absolute Gasteiger partial charge is 0.476 e. The third-order valence-electron chi connectivity index (χ3n) is 6.51. The summed E-state index contributed by atoms with van der Waals surface area (Å²) < 4.78 is 52.5. The van der Waals surface area contributed by atoms with E-state index >= 15 is 4.39 Å². The summed E-state index contributed by atoms with van der Waals surface area (Å²) in [6, 6.07) is 4.92. The highest BCUT2D eigenvalue weighted by Crippen LogP contribution is 2.59. The second-order valence-electron chi connectivity index (χ2n) is 9.21. The van der Waals surface area contributed by atoms with Crippen molar-refractivity contribution in [3.8, 4) is 11.8 Å². The van der Waals surface area contributed by atoms with Gasteiger partial charge in [0.2, 0.25) is 5.91 Å². The molecule has 0 spiro atoms. The molecule has 0 bridgehead atoms. The number of carbonyl (C=O) groups excluding carboxylic acids is 2. The van der Waals surface area contributed by atoms with Crippen LogP contribution in [0.2, 0.25) is 0 Å². The number of fused-ring (bicyclic) bond motifs is 1. The topological polar surface area (TPSA) is 213 Å². The van der Waals surface area contributed by atoms with Crippen LogP contribution in [-0.4, -0.2) is 74.0 Å². The standard InChI is InChI=1S/C23H19BF3N3O10/c1-9-19(32)30(8-10-2-12(25)5-13(26)3-10)14-4-11(7-28)17(16(27)18(14)39-9)29-15(31)6-20(22(34,35)36)21(24,33)40-23(20,37)38/h2-5,9,33-38H,6,8H2,1H3,(H,29,31). The summed E-state index contributed by atoms with van der Waals surface area (Å²) in [7, 11) is 5.23. The van der Waals surface area contributed by atoms with Gasteiger partial charge in [0.1, 0.15) is 23.4 Å². The van der Waals surface area contributed by atoms with Crippen LogP contribution in [0.5, 0.6) is 5.75 Å². The number of ether oxygens (including phenoxy) is 2. The first kappa shape index (κ1) is 29.2. The Labute approximate surface area is 223 Å². The molecule has 2 heterocycles. The first-order chi connectivity index (χ1) is 18.3. The van der Waals surface area contributed by atoms with Crippen molar-refractivity contribution in [1.29, 1.82) is 5.26 Å². The summed E-state index contributed by atoms with van der Waals surface area (Å²) in [6.45, 7) is 0.761. The lowest BCUT2D eigenvalue weighted by Gasteiger charge is -2.63. The number of hydrogen-bond acceptors (Lipinski definition) is 11. The molecule has 210 valence electrons. The van der Waals surface area contributed by atoms with Gasteiger partial charge >= 0.3 is 0 Å². The second-order valence-corrected chi connectivity index (χ2v) is 9.21. The van der Waals surface area contributed by atoms with Crippen molar-refractivity contribution in [2.45, 2.75) is 43.6 Å². The smallest absolute Gasteiger partial charge is 0.298 e. The summed E-state index contributed by atoms with van der Waals surface area (Å²) in [4.78, 5) is 26.5. The SMILES string of the molecule is [B]C1(O)OC(O)(O)C1(CC(=O)Nc1c(C#N)cc2c(c1F)OC(C)C(=O)N2Cc1cc(F)cc(F)c1)C(O)(O)O. The maximum Gasteiger partial charge on any atom is 0.298 e. The maximum absolute atomic E-state index is 15.7. The Balaban J connectivity index is 1.73. The van der Waals surface area contributed by atoms with Gasteiger partial charge in [-0.15, -0.1) is 0 Å². The first-order valence-corrected chi connectivity index (χ1v) is 11.2. The van der Waals surface area contributed by atoms with Crippen molar-refractivity contribution < 1.29 is 62.9 Å². The highest BCUT2D eigenvalue weighted by Gasteiger charge is 2.82. The number of nitriles is 1. The number of carbonyl (C=O) groups is 2. The van der Waals surface area contributed by atoms with E-state index < -0.39 is 88.4 Å². The Morgan fingerprint density at radius 3 is 2.27 bits per heavy atom. The van der Waals surface area contributed by atoms with E-state index in [1.807, 2.05) is 5.32 Å². The monoisotopic (exact) mass is 565 g/mol. The summed E-state index contributed by atoms with van der Waals surface area (Å²) in [5.74, 6) is -14.3. The lowest BCUT2D eigenvalue weighted by atomic mass is 9.58. The van der Waals surface area contributed by atoms with E-state index in [0.29, 0.717) is 6.07 Å². The molecule has 3 unspecified atom stereocenters. The van der Waals surface area contributed by atoms with Gasteiger partial charge in [-0.25, -0.2) is 13.2 Å². The summed E-state index contributed by atoms with van der Waals surface area (Å²) >= 11 is 0. The molecule has 2 aliphatic heterocycles. The van der Waals surface area contributed by atoms with Crippen LogP contribution in [0.3, 0.4) is 0 Å². The predicted molar refractivity (Wildman–Crippen MR) is 123 cm³/mol. The minimum Gasteiger partial charge on any atom is -0.476 e. The minimum atomic E-state index is -4.25. The molecule has 2 aromatic carbocycles. The van der Waals surface area contributed by atoms with Gasteiger partial charge in [0.05, 0.1) is 29.9 Å². The van der Waals surface area contributed by atoms with E-state index in [4.69, 9.17) is 12.6 Å². The Morgan fingerprint density at radius 2 is 1.77 bits per heavy atom. The molecule has 2 aromatic rings. The van der Waals surface area contributed by atoms with Gasteiger partial charge in [0.25, 0.3) is 17.9 Å². The van der Waals surface area contributed by atoms with Crippen LogP contribution in [0.4, 0.5) is 24.5 Å². The number of anilines is 2. The fraction of sp³-hybridized carbons (Fsp3) is 0.348. The third kappa shape index (κ3) is 4.45. The number of nitrogens with zero attached hydrogens (tertiary/aromatic N) is 2. The van der Waals surface area contributed by atoms with Crippen molar-refractivity contribution in [1.82, 2.24) is 0 Å². The zero-order valence-electron chi connectivity index (χ0n) is 20.2. The van der Waals surface area contributed by atoms with Crippen LogP contribution in [0, 0.1) is 34.2 Å². The molecule has 1 fully saturated rings. The van der Waals surface area contributed by atoms with Crippen LogP contribution in [0.15, 0.2) is 24.3 Å². The molecule has 0 saturated carbocycles. The van der Waals surface area contributed by atoms with E-state index in [2.05, 4.69) is 4.74 Å². The molecule has 13 nitrogen and oxygen atoms in total. The van der Waals surface area contributed by atoms with Crippen LogP contribution >= 0.6 is 0 Å². The van der Waals surface area contributed by atoms with Crippen molar-refractivity contribution >= 4 is 31.0 Å². The Morgan fingerprint density at radius 1 is 1.18 bits per heavy atom. The number of hydrogen-bond donors (Lipinski definition) is 7. The summed E-state index contributed by atoms with van der Waals surface area (Å²) in [6.07, 6.45) is -2.98. The fourth-order valence-corrected chi connectivity index (χ4v) is 4.58. The molecular formula is C23H19BF3N3O10. The number of halogens is 3. The van der Waals surface area contributed by atoms with Crippen molar-refractivity contribution in [2.75, 3.05) is 10.2 Å². The number of rotatable bonds is 6. The molecular weight excluding hydrogens is 546 g/mol. The molecule has 40 heavy (non-hydrogen) atoms. The van der Waals surface area contributed by atoms with Crippen molar-refractivity contribution in [3.05, 3.63) is 52.8 Å². The van der Waals surface area contributed by atoms with Crippen molar-refractivity contribution in [2.24, 2.45) is 5.41 Å². The fourth-order valence-electron chi connectivity index (χ4n) is 4.58. The maximum atomic E-state index is 15.7. The molecule has 3 atom stereocenters. The molecule has 0 aliphatic carbocycles. The van der Waals surface area contributed by atoms with Gasteiger partial charge in [0.15, 0.2) is 30.9 Å². The summed E-state index contributed by atoms with van der Waals surface area (Å²) in [5.41, 5.74) is -8.85. The van der Waals surface area contributed by atoms with Gasteiger partial charge in [-0.3, -0.25) is 9.59 Å². The highest BCUT2D eigenvalue weighted by atomic mass is 19.1. The van der Waals surface area contributed by atoms with Crippen LogP contribution in [0.25, 0.3) is 0 Å². The molecule has 7 N–H and O–H groups in total. The minimum absolute atomic E-state index is 0.0264. The van der Waals surface area contributed by atoms with Crippen LogP contribution in [-0.2, 0) is 20.9 Å². The van der Waals surface area contributed by atoms with E-state index in [0.717, 1.165) is 23.1 Å². The predicted octanol–water partition coefficient (Wildman–Crippen LogP) is -1.28. The van der Waals surface area contributed by atoms with Crippen LogP contribution < -0.4 is 15.0 Å². The zero-order chi connectivity index (χ0) is 30.0. The number of aliphatic hydroxyl groups is 6. The average molecular weight is 565 g/mol. The Kier molecular flexibility index (Phi) is 6.88. The quantitative estimate of drug-likeness (QED) is 0.162. The number of nitrogens with one attached hydrogen (secondary N) is 1. The first-order valence-electron chi connectivity index (χ1n) is 11.2. The number of amides is 2. The van der Waals surface area contributed by atoms with Crippen molar-refractivity contribution in [3.63, 3.8) is 0 Å². The van der Waals surface area contributed by atoms with E-state index in [1.165, 1.54) is 6.92 Å². The Bertz CT molecular complexity index is 1410. The zero-order valence-corrected chi connectivity index (χ0v) is 20.2. The highest BCUT2D eigenvalue weighted by molar-refractivity contribution is 6.15. The normalized spacial score (nSPS) is 25.4. The van der Waals surface area contributed by atoms with Gasteiger partial charge in [-0.1, -0.05) is 0 Å². The van der Waals surface area contributed by atoms with Crippen LogP contribution in [0.1, 0.15) is 24.5 Å². The van der Waals surface area contributed by atoms with Gasteiger partial charge in [-0.05, 0) is 30.7 Å². The number of benzene rings is 2. The molecule has 2 aliphatic rings. The molecule has 17 heteroatoms. The van der Waals surface area contributed by atoms with Gasteiger partial charge in [0, 0.05) is 6.07 Å². The lowest BCUT2D eigenvalue weighted by molar-refractivity contribution is -0.620. The van der Waals surface area contributed by atoms with E-state index in [9.17, 15) is 54.3 Å².